The van der Waals surface area contributed by atoms with Gasteiger partial charge >= 0.3 is 5.97 Å². The maximum absolute atomic E-state index is 12.7. The van der Waals surface area contributed by atoms with E-state index in [-0.39, 0.29) is 31.0 Å². The molecule has 0 unspecified atom stereocenters. The molecule has 1 aliphatic rings. The van der Waals surface area contributed by atoms with Crippen LogP contribution in [0, 0.1) is 13.8 Å². The highest BCUT2D eigenvalue weighted by atomic mass is 35.5. The Morgan fingerprint density at radius 1 is 1.19 bits per heavy atom. The number of benzene rings is 1. The molecule has 0 heterocycles. The number of hydrogen-bond donors (Lipinski definition) is 1. The molecule has 26 heavy (non-hydrogen) atoms. The minimum Gasteiger partial charge on any atom is -0.464 e. The summed E-state index contributed by atoms with van der Waals surface area (Å²) < 4.78 is 5.30. The Labute approximate surface area is 159 Å². The summed E-state index contributed by atoms with van der Waals surface area (Å²) in [6.07, 6.45) is 2.00. The summed E-state index contributed by atoms with van der Waals surface area (Å²) in [5, 5.41) is 3.51. The van der Waals surface area contributed by atoms with Crippen molar-refractivity contribution in [2.45, 2.75) is 64.8 Å². The lowest BCUT2D eigenvalue weighted by atomic mass is 9.80. The first-order valence-electron chi connectivity index (χ1n) is 9.03. The van der Waals surface area contributed by atoms with Crippen molar-refractivity contribution in [2.24, 2.45) is 0 Å². The summed E-state index contributed by atoms with van der Waals surface area (Å²) >= 11 is 6.05. The van der Waals surface area contributed by atoms with Crippen LogP contribution in [0.5, 0.6) is 0 Å². The first kappa shape index (κ1) is 20.4. The highest BCUT2D eigenvalue weighted by molar-refractivity contribution is 6.30. The summed E-state index contributed by atoms with van der Waals surface area (Å²) in [5.41, 5.74) is 1.67. The molecule has 1 fully saturated rings. The SMILES string of the molecule is CCCOC(=O)C1(NC(=O)Cc2c(C)cc(Cl)cc2C)CCC(=O)CC1. The van der Waals surface area contributed by atoms with Crippen LogP contribution in [0.3, 0.4) is 0 Å². The number of carbonyl (C=O) groups excluding carboxylic acids is 3. The van der Waals surface area contributed by atoms with Crippen molar-refractivity contribution < 1.29 is 19.1 Å². The zero-order valence-corrected chi connectivity index (χ0v) is 16.4. The van der Waals surface area contributed by atoms with Crippen LogP contribution < -0.4 is 5.32 Å². The molecule has 0 radical (unpaired) electrons. The Balaban J connectivity index is 2.16. The first-order chi connectivity index (χ1) is 12.3. The molecule has 1 aliphatic carbocycles. The first-order valence-corrected chi connectivity index (χ1v) is 9.41. The zero-order valence-electron chi connectivity index (χ0n) is 15.6. The molecule has 0 spiro atoms. The van der Waals surface area contributed by atoms with Crippen molar-refractivity contribution in [3.63, 3.8) is 0 Å². The quantitative estimate of drug-likeness (QED) is 0.768. The second-order valence-electron chi connectivity index (χ2n) is 7.00. The third kappa shape index (κ3) is 4.85. The van der Waals surface area contributed by atoms with E-state index < -0.39 is 11.5 Å². The third-order valence-corrected chi connectivity index (χ3v) is 5.08. The van der Waals surface area contributed by atoms with Crippen LogP contribution >= 0.6 is 11.6 Å². The number of rotatable bonds is 6. The van der Waals surface area contributed by atoms with Crippen molar-refractivity contribution in [3.05, 3.63) is 33.8 Å². The molecular formula is C20H26ClNO4. The molecule has 0 saturated heterocycles. The second-order valence-corrected chi connectivity index (χ2v) is 7.44. The van der Waals surface area contributed by atoms with Gasteiger partial charge in [0.25, 0.3) is 0 Å². The van der Waals surface area contributed by atoms with Gasteiger partial charge in [0, 0.05) is 17.9 Å². The lowest BCUT2D eigenvalue weighted by Crippen LogP contribution is -2.57. The van der Waals surface area contributed by atoms with Gasteiger partial charge in [0.15, 0.2) is 0 Å². The van der Waals surface area contributed by atoms with Crippen LogP contribution in [-0.2, 0) is 25.5 Å². The molecule has 5 nitrogen and oxygen atoms in total. The van der Waals surface area contributed by atoms with Gasteiger partial charge < -0.3 is 10.1 Å². The molecule has 1 aromatic carbocycles. The molecule has 142 valence electrons. The molecule has 0 aromatic heterocycles. The largest absolute Gasteiger partial charge is 0.464 e. The summed E-state index contributed by atoms with van der Waals surface area (Å²) in [6.45, 7) is 6.03. The van der Waals surface area contributed by atoms with Crippen molar-refractivity contribution in [1.29, 1.82) is 0 Å². The number of Topliss-reactive ketones (excluding diaryl/α,β-unsaturated/α-hetero) is 1. The van der Waals surface area contributed by atoms with E-state index in [4.69, 9.17) is 16.3 Å². The maximum Gasteiger partial charge on any atom is 0.331 e. The van der Waals surface area contributed by atoms with Gasteiger partial charge in [-0.15, -0.1) is 0 Å². The standard InChI is InChI=1S/C20H26ClNO4/c1-4-9-26-19(25)20(7-5-16(23)6-8-20)22-18(24)12-17-13(2)10-15(21)11-14(17)3/h10-11H,4-9,12H2,1-3H3,(H,22,24). The molecule has 1 saturated carbocycles. The molecule has 0 aliphatic heterocycles. The number of ketones is 1. The van der Waals surface area contributed by atoms with Crippen LogP contribution in [-0.4, -0.2) is 29.8 Å². The Hall–Kier alpha value is -1.88. The number of nitrogens with one attached hydrogen (secondary N) is 1. The lowest BCUT2D eigenvalue weighted by Gasteiger charge is -2.35. The van der Waals surface area contributed by atoms with Crippen LogP contribution in [0.1, 0.15) is 55.7 Å². The molecular weight excluding hydrogens is 354 g/mol. The predicted octanol–water partition coefficient (Wildman–Crippen LogP) is 3.45. The summed E-state index contributed by atoms with van der Waals surface area (Å²) in [7, 11) is 0. The number of esters is 1. The van der Waals surface area contributed by atoms with E-state index in [0.717, 1.165) is 16.7 Å². The number of aryl methyl sites for hydroxylation is 2. The van der Waals surface area contributed by atoms with E-state index in [1.807, 2.05) is 32.9 Å². The van der Waals surface area contributed by atoms with Gasteiger partial charge in [-0.3, -0.25) is 9.59 Å². The van der Waals surface area contributed by atoms with Gasteiger partial charge in [0.2, 0.25) is 5.91 Å². The van der Waals surface area contributed by atoms with Crippen LogP contribution in [0.2, 0.25) is 5.02 Å². The van der Waals surface area contributed by atoms with Crippen LogP contribution in [0.4, 0.5) is 0 Å². The smallest absolute Gasteiger partial charge is 0.331 e. The molecule has 0 bridgehead atoms. The molecule has 2 rings (SSSR count). The minimum atomic E-state index is -1.10. The number of halogens is 1. The molecule has 0 atom stereocenters. The highest BCUT2D eigenvalue weighted by Gasteiger charge is 2.44. The normalized spacial score (nSPS) is 16.2. The van der Waals surface area contributed by atoms with Gasteiger partial charge in [-0.05, 0) is 61.9 Å². The Bertz CT molecular complexity index is 681. The van der Waals surface area contributed by atoms with Crippen molar-refractivity contribution in [2.75, 3.05) is 6.61 Å². The lowest BCUT2D eigenvalue weighted by molar-refractivity contribution is -0.156. The van der Waals surface area contributed by atoms with Gasteiger partial charge in [0.1, 0.15) is 11.3 Å². The number of amides is 1. The molecule has 6 heteroatoms. The summed E-state index contributed by atoms with van der Waals surface area (Å²) in [6, 6.07) is 3.64. The third-order valence-electron chi connectivity index (χ3n) is 4.87. The van der Waals surface area contributed by atoms with E-state index in [1.165, 1.54) is 0 Å². The molecule has 1 aromatic rings. The topological polar surface area (TPSA) is 72.5 Å². The fraction of sp³-hybridized carbons (Fsp3) is 0.550. The number of ether oxygens (including phenoxy) is 1. The average Bonchev–Trinajstić information content (AvgIpc) is 2.58. The summed E-state index contributed by atoms with van der Waals surface area (Å²) in [5.74, 6) is -0.575. The highest BCUT2D eigenvalue weighted by Crippen LogP contribution is 2.28. The van der Waals surface area contributed by atoms with Crippen molar-refractivity contribution >= 4 is 29.3 Å². The maximum atomic E-state index is 12.7. The Morgan fingerprint density at radius 3 is 2.31 bits per heavy atom. The molecule has 1 amide bonds. The fourth-order valence-corrected chi connectivity index (χ4v) is 3.69. The fourth-order valence-electron chi connectivity index (χ4n) is 3.36. The van der Waals surface area contributed by atoms with E-state index in [9.17, 15) is 14.4 Å². The monoisotopic (exact) mass is 379 g/mol. The van der Waals surface area contributed by atoms with E-state index >= 15 is 0 Å². The van der Waals surface area contributed by atoms with E-state index in [1.54, 1.807) is 0 Å². The van der Waals surface area contributed by atoms with E-state index in [2.05, 4.69) is 5.32 Å². The Kier molecular flexibility index (Phi) is 6.81. The van der Waals surface area contributed by atoms with Gasteiger partial charge in [-0.2, -0.15) is 0 Å². The second kappa shape index (κ2) is 8.67. The zero-order chi connectivity index (χ0) is 19.3. The van der Waals surface area contributed by atoms with Crippen LogP contribution in [0.25, 0.3) is 0 Å². The van der Waals surface area contributed by atoms with Gasteiger partial charge in [0.05, 0.1) is 13.0 Å². The van der Waals surface area contributed by atoms with Gasteiger partial charge in [-0.25, -0.2) is 4.79 Å². The molecule has 1 N–H and O–H groups in total. The van der Waals surface area contributed by atoms with E-state index in [0.29, 0.717) is 30.9 Å². The van der Waals surface area contributed by atoms with Gasteiger partial charge in [-0.1, -0.05) is 18.5 Å². The number of hydrogen-bond acceptors (Lipinski definition) is 4. The Morgan fingerprint density at radius 2 is 1.77 bits per heavy atom. The van der Waals surface area contributed by atoms with Crippen molar-refractivity contribution in [3.8, 4) is 0 Å². The predicted molar refractivity (Wildman–Crippen MR) is 100 cm³/mol. The van der Waals surface area contributed by atoms with Crippen LogP contribution in [0.15, 0.2) is 12.1 Å². The summed E-state index contributed by atoms with van der Waals surface area (Å²) in [4.78, 5) is 36.9. The average molecular weight is 380 g/mol. The minimum absolute atomic E-state index is 0.113. The number of carbonyl (C=O) groups is 3. The van der Waals surface area contributed by atoms with Crippen molar-refractivity contribution in [1.82, 2.24) is 5.32 Å².